The second-order valence-corrected chi connectivity index (χ2v) is 8.72. The van der Waals surface area contributed by atoms with Crippen molar-refractivity contribution in [3.63, 3.8) is 0 Å². The van der Waals surface area contributed by atoms with Crippen molar-refractivity contribution in [1.29, 1.82) is 0 Å². The fraction of sp³-hybridized carbons (Fsp3) is 0.522. The predicted octanol–water partition coefficient (Wildman–Crippen LogP) is 2.19. The average Bonchev–Trinajstić information content (AvgIpc) is 2.76. The van der Waals surface area contributed by atoms with Crippen molar-refractivity contribution in [2.45, 2.75) is 50.4 Å². The van der Waals surface area contributed by atoms with Gasteiger partial charge < -0.3 is 20.5 Å². The van der Waals surface area contributed by atoms with E-state index in [1.54, 1.807) is 18.7 Å². The van der Waals surface area contributed by atoms with Gasteiger partial charge in [0, 0.05) is 30.4 Å². The molecule has 1 aromatic rings. The maximum absolute atomic E-state index is 12.9. The number of cyclic esters (lactones) is 1. The Bertz CT molecular complexity index is 741. The van der Waals surface area contributed by atoms with Crippen LogP contribution in [-0.4, -0.2) is 53.9 Å². The van der Waals surface area contributed by atoms with Gasteiger partial charge in [0.15, 0.2) is 0 Å². The van der Waals surface area contributed by atoms with E-state index in [4.69, 9.17) is 9.84 Å². The zero-order chi connectivity index (χ0) is 22.5. The molecule has 3 N–H and O–H groups in total. The summed E-state index contributed by atoms with van der Waals surface area (Å²) >= 11 is 1.65. The number of aliphatic hydroxyl groups excluding tert-OH is 1. The van der Waals surface area contributed by atoms with Crippen LogP contribution in [0.2, 0.25) is 0 Å². The standard InChI is InChI=1S/C23H32N2O5S/c1-17(13-26)24-21(27)12-19-10-6-3-7-11-22(28)30-14-20(25-23(19)29)16-31-15-18-8-4-2-5-9-18/h2-6,8-9,17,19-20,26H,7,10-16H2,1H3,(H,24,27)(H,25,29)/t17-,19+,20+/m0/s1. The van der Waals surface area contributed by atoms with E-state index in [0.717, 1.165) is 5.75 Å². The Morgan fingerprint density at radius 3 is 2.81 bits per heavy atom. The molecule has 8 heteroatoms. The molecule has 0 aliphatic carbocycles. The van der Waals surface area contributed by atoms with Crippen LogP contribution in [0.1, 0.15) is 38.2 Å². The molecule has 7 nitrogen and oxygen atoms in total. The number of nitrogens with one attached hydrogen (secondary N) is 2. The monoisotopic (exact) mass is 448 g/mol. The van der Waals surface area contributed by atoms with E-state index in [1.165, 1.54) is 5.56 Å². The van der Waals surface area contributed by atoms with E-state index in [2.05, 4.69) is 10.6 Å². The summed E-state index contributed by atoms with van der Waals surface area (Å²) in [5, 5.41) is 14.8. The van der Waals surface area contributed by atoms with Gasteiger partial charge in [-0.15, -0.1) is 0 Å². The summed E-state index contributed by atoms with van der Waals surface area (Å²) in [5.41, 5.74) is 1.18. The zero-order valence-corrected chi connectivity index (χ0v) is 18.7. The highest BCUT2D eigenvalue weighted by Crippen LogP contribution is 2.16. The highest BCUT2D eigenvalue weighted by Gasteiger charge is 2.25. The van der Waals surface area contributed by atoms with Crippen LogP contribution >= 0.6 is 11.8 Å². The van der Waals surface area contributed by atoms with E-state index < -0.39 is 5.92 Å². The summed E-state index contributed by atoms with van der Waals surface area (Å²) in [6.07, 6.45) is 4.93. The lowest BCUT2D eigenvalue weighted by Crippen LogP contribution is -2.45. The maximum Gasteiger partial charge on any atom is 0.306 e. The van der Waals surface area contributed by atoms with Crippen LogP contribution in [-0.2, 0) is 24.9 Å². The third kappa shape index (κ3) is 10.0. The molecular formula is C23H32N2O5S. The number of allylic oxidation sites excluding steroid dienone is 2. The highest BCUT2D eigenvalue weighted by atomic mass is 32.2. The molecule has 0 saturated heterocycles. The maximum atomic E-state index is 12.9. The normalized spacial score (nSPS) is 21.2. The molecule has 1 heterocycles. The Hall–Kier alpha value is -2.32. The minimum atomic E-state index is -0.529. The molecule has 2 amide bonds. The molecule has 0 radical (unpaired) electrons. The third-order valence-corrected chi connectivity index (χ3v) is 5.98. The average molecular weight is 449 g/mol. The van der Waals surface area contributed by atoms with Crippen molar-refractivity contribution >= 4 is 29.5 Å². The van der Waals surface area contributed by atoms with Crippen molar-refractivity contribution in [3.8, 4) is 0 Å². The number of thioether (sulfide) groups is 1. The predicted molar refractivity (Wildman–Crippen MR) is 121 cm³/mol. The minimum Gasteiger partial charge on any atom is -0.463 e. The van der Waals surface area contributed by atoms with Crippen LogP contribution in [0.5, 0.6) is 0 Å². The van der Waals surface area contributed by atoms with E-state index in [0.29, 0.717) is 18.6 Å². The zero-order valence-electron chi connectivity index (χ0n) is 17.9. The summed E-state index contributed by atoms with van der Waals surface area (Å²) in [6, 6.07) is 9.32. The summed E-state index contributed by atoms with van der Waals surface area (Å²) < 4.78 is 5.35. The first-order chi connectivity index (χ1) is 15.0. The van der Waals surface area contributed by atoms with Crippen molar-refractivity contribution in [1.82, 2.24) is 10.6 Å². The number of esters is 1. The van der Waals surface area contributed by atoms with Gasteiger partial charge in [-0.05, 0) is 25.3 Å². The molecule has 1 aliphatic rings. The van der Waals surface area contributed by atoms with Gasteiger partial charge in [0.25, 0.3) is 0 Å². The van der Waals surface area contributed by atoms with Crippen molar-refractivity contribution in [2.75, 3.05) is 19.0 Å². The lowest BCUT2D eigenvalue weighted by atomic mass is 9.98. The van der Waals surface area contributed by atoms with Crippen molar-refractivity contribution < 1.29 is 24.2 Å². The number of carbonyl (C=O) groups is 3. The molecule has 3 atom stereocenters. The molecule has 31 heavy (non-hydrogen) atoms. The topological polar surface area (TPSA) is 105 Å². The number of benzene rings is 1. The Kier molecular flexibility index (Phi) is 11.2. The van der Waals surface area contributed by atoms with E-state index in [1.807, 2.05) is 42.5 Å². The van der Waals surface area contributed by atoms with Gasteiger partial charge in [0.05, 0.1) is 18.6 Å². The molecule has 1 aliphatic heterocycles. The van der Waals surface area contributed by atoms with Gasteiger partial charge in [-0.25, -0.2) is 0 Å². The van der Waals surface area contributed by atoms with Crippen LogP contribution in [0.3, 0.4) is 0 Å². The fourth-order valence-electron chi connectivity index (χ4n) is 3.08. The van der Waals surface area contributed by atoms with Crippen LogP contribution < -0.4 is 10.6 Å². The van der Waals surface area contributed by atoms with Crippen molar-refractivity contribution in [2.24, 2.45) is 5.92 Å². The van der Waals surface area contributed by atoms with Gasteiger partial charge in [0.2, 0.25) is 11.8 Å². The first-order valence-electron chi connectivity index (χ1n) is 10.6. The van der Waals surface area contributed by atoms with Crippen LogP contribution in [0.4, 0.5) is 0 Å². The number of hydrogen-bond donors (Lipinski definition) is 3. The second-order valence-electron chi connectivity index (χ2n) is 7.69. The van der Waals surface area contributed by atoms with Crippen LogP contribution in [0.25, 0.3) is 0 Å². The number of carbonyl (C=O) groups excluding carboxylic acids is 3. The van der Waals surface area contributed by atoms with Gasteiger partial charge >= 0.3 is 5.97 Å². The summed E-state index contributed by atoms with van der Waals surface area (Å²) in [7, 11) is 0. The quantitative estimate of drug-likeness (QED) is 0.416. The Morgan fingerprint density at radius 2 is 2.06 bits per heavy atom. The molecule has 0 bridgehead atoms. The Balaban J connectivity index is 2.00. The molecule has 0 saturated carbocycles. The number of ether oxygens (including phenoxy) is 1. The number of aliphatic hydroxyl groups is 1. The molecule has 0 fully saturated rings. The van der Waals surface area contributed by atoms with E-state index in [9.17, 15) is 14.4 Å². The molecule has 0 unspecified atom stereocenters. The van der Waals surface area contributed by atoms with E-state index >= 15 is 0 Å². The number of rotatable bonds is 8. The summed E-state index contributed by atoms with van der Waals surface area (Å²) in [5.74, 6) is 0.0475. The van der Waals surface area contributed by atoms with Gasteiger partial charge in [-0.2, -0.15) is 11.8 Å². The Labute approximate surface area is 188 Å². The first-order valence-corrected chi connectivity index (χ1v) is 11.8. The SMILES string of the molecule is C[C@@H](CO)NC(=O)C[C@H]1CC=CCCC(=O)OC[C@H](CSCc2ccccc2)NC1=O. The number of amides is 2. The largest absolute Gasteiger partial charge is 0.463 e. The third-order valence-electron chi connectivity index (χ3n) is 4.81. The molecule has 0 spiro atoms. The lowest BCUT2D eigenvalue weighted by Gasteiger charge is -2.23. The molecular weight excluding hydrogens is 416 g/mol. The minimum absolute atomic E-state index is 0.0319. The summed E-state index contributed by atoms with van der Waals surface area (Å²) in [6.45, 7) is 1.65. The second kappa shape index (κ2) is 13.9. The molecule has 1 aromatic carbocycles. The van der Waals surface area contributed by atoms with Crippen LogP contribution in [0, 0.1) is 5.92 Å². The van der Waals surface area contributed by atoms with Gasteiger partial charge in [-0.1, -0.05) is 42.5 Å². The first kappa shape index (κ1) is 24.9. The summed E-state index contributed by atoms with van der Waals surface area (Å²) in [4.78, 5) is 37.1. The van der Waals surface area contributed by atoms with Crippen molar-refractivity contribution in [3.05, 3.63) is 48.0 Å². The van der Waals surface area contributed by atoms with Crippen LogP contribution in [0.15, 0.2) is 42.5 Å². The Morgan fingerprint density at radius 1 is 1.29 bits per heavy atom. The molecule has 2 rings (SSSR count). The van der Waals surface area contributed by atoms with Gasteiger partial charge in [0.1, 0.15) is 6.61 Å². The fourth-order valence-corrected chi connectivity index (χ4v) is 4.09. The smallest absolute Gasteiger partial charge is 0.306 e. The molecule has 170 valence electrons. The number of hydrogen-bond acceptors (Lipinski definition) is 6. The lowest BCUT2D eigenvalue weighted by molar-refractivity contribution is -0.145. The van der Waals surface area contributed by atoms with Gasteiger partial charge in [-0.3, -0.25) is 14.4 Å². The highest BCUT2D eigenvalue weighted by molar-refractivity contribution is 7.98. The molecule has 0 aromatic heterocycles. The van der Waals surface area contributed by atoms with E-state index in [-0.39, 0.29) is 55.9 Å².